The maximum atomic E-state index is 11.8. The van der Waals surface area contributed by atoms with E-state index in [1.54, 1.807) is 48.5 Å². The van der Waals surface area contributed by atoms with Crippen molar-refractivity contribution < 1.29 is 36.6 Å². The van der Waals surface area contributed by atoms with Crippen LogP contribution in [0.5, 0.6) is 11.5 Å². The van der Waals surface area contributed by atoms with E-state index in [0.29, 0.717) is 11.1 Å². The molecule has 10 nitrogen and oxygen atoms in total. The Kier molecular flexibility index (Phi) is 9.15. The molecule has 2 aliphatic heterocycles. The number of nitrogens with one attached hydrogen (secondary N) is 2. The van der Waals surface area contributed by atoms with Gasteiger partial charge < -0.3 is 20.8 Å². The number of nitrogens with zero attached hydrogens (tertiary/aromatic N) is 4. The van der Waals surface area contributed by atoms with Crippen molar-refractivity contribution in [2.45, 2.75) is 0 Å². The minimum absolute atomic E-state index is 0. The number of anilines is 2. The Morgan fingerprint density at radius 2 is 0.902 bits per heavy atom. The molecule has 2 aliphatic rings. The predicted octanol–water partition coefficient (Wildman–Crippen LogP) is 4.33. The number of phenolic OH excluding ortho intramolecular Hbond substituents is 2. The molecule has 0 spiro atoms. The van der Waals surface area contributed by atoms with Crippen molar-refractivity contribution in [3.05, 3.63) is 119 Å². The van der Waals surface area contributed by atoms with Gasteiger partial charge in [0, 0.05) is 39.0 Å². The number of carbonyl (C=O) groups excluding carboxylic acids is 2. The number of aromatic hydroxyl groups is 2. The average molecular weight is 589 g/mol. The second-order valence-corrected chi connectivity index (χ2v) is 8.50. The molecule has 0 bridgehead atoms. The molecule has 2 amide bonds. The summed E-state index contributed by atoms with van der Waals surface area (Å²) in [6, 6.07) is 28.1. The van der Waals surface area contributed by atoms with Crippen molar-refractivity contribution in [2.24, 2.45) is 20.4 Å². The molecule has 2 heterocycles. The van der Waals surface area contributed by atoms with Crippen molar-refractivity contribution >= 4 is 47.0 Å². The first-order chi connectivity index (χ1) is 19.5. The first kappa shape index (κ1) is 28.6. The Morgan fingerprint density at radius 3 is 1.32 bits per heavy atom. The van der Waals surface area contributed by atoms with Gasteiger partial charge in [0.1, 0.15) is 11.5 Å². The van der Waals surface area contributed by atoms with Crippen LogP contribution in [-0.4, -0.2) is 45.9 Å². The fourth-order valence-corrected chi connectivity index (χ4v) is 3.89. The van der Waals surface area contributed by atoms with Gasteiger partial charge >= 0.3 is 0 Å². The molecule has 0 aliphatic carbocycles. The van der Waals surface area contributed by atoms with Crippen LogP contribution in [0.15, 0.2) is 117 Å². The monoisotopic (exact) mass is 589 g/mol. The van der Waals surface area contributed by atoms with Gasteiger partial charge in [-0.05, 0) is 36.4 Å². The number of hydrogen-bond donors (Lipinski definition) is 4. The van der Waals surface area contributed by atoms with E-state index >= 15 is 0 Å². The fourth-order valence-electron chi connectivity index (χ4n) is 3.89. The largest absolute Gasteiger partial charge is 0.507 e. The molecule has 4 N–H and O–H groups in total. The van der Waals surface area contributed by atoms with Crippen molar-refractivity contribution in [3.63, 3.8) is 0 Å². The number of para-hydroxylation sites is 4. The van der Waals surface area contributed by atoms with E-state index in [9.17, 15) is 19.8 Å². The number of fused-ring (bicyclic) bond motifs is 2. The quantitative estimate of drug-likeness (QED) is 0.207. The van der Waals surface area contributed by atoms with Gasteiger partial charge in [-0.3, -0.25) is 9.59 Å². The third kappa shape index (κ3) is 6.61. The maximum Gasteiger partial charge on any atom is 0.276 e. The summed E-state index contributed by atoms with van der Waals surface area (Å²) in [5.74, 6) is -0.318. The number of benzene rings is 4. The Hall–Kier alpha value is -5.39. The summed E-state index contributed by atoms with van der Waals surface area (Å²) in [6.07, 6.45) is 2.83. The Bertz CT molecular complexity index is 1600. The Labute approximate surface area is 245 Å². The molecule has 6 rings (SSSR count). The van der Waals surface area contributed by atoms with Crippen LogP contribution in [0, 0.1) is 0 Å². The van der Waals surface area contributed by atoms with Crippen molar-refractivity contribution in [1.29, 1.82) is 0 Å². The molecule has 0 atom stereocenters. The van der Waals surface area contributed by atoms with Crippen LogP contribution >= 0.6 is 0 Å². The molecule has 4 aromatic rings. The molecular formula is C30H22CoN6O4. The summed E-state index contributed by atoms with van der Waals surface area (Å²) in [5, 5.41) is 40.3. The van der Waals surface area contributed by atoms with Crippen LogP contribution in [0.1, 0.15) is 22.3 Å². The van der Waals surface area contributed by atoms with Gasteiger partial charge in [-0.25, -0.2) is 0 Å². The van der Waals surface area contributed by atoms with Crippen LogP contribution in [0.3, 0.4) is 0 Å². The molecule has 0 saturated heterocycles. The van der Waals surface area contributed by atoms with Gasteiger partial charge in [0.25, 0.3) is 11.8 Å². The van der Waals surface area contributed by atoms with Gasteiger partial charge in [-0.2, -0.15) is 10.2 Å². The number of hydrogen-bond acceptors (Lipinski definition) is 8. The van der Waals surface area contributed by atoms with Crippen LogP contribution in [0.2, 0.25) is 0 Å². The summed E-state index contributed by atoms with van der Waals surface area (Å²) in [4.78, 5) is 23.6. The van der Waals surface area contributed by atoms with E-state index in [1.807, 2.05) is 48.5 Å². The first-order valence-corrected chi connectivity index (χ1v) is 12.1. The van der Waals surface area contributed by atoms with Crippen LogP contribution in [-0.2, 0) is 26.4 Å². The molecule has 1 radical (unpaired) electrons. The third-order valence-electron chi connectivity index (χ3n) is 5.87. The number of amides is 2. The van der Waals surface area contributed by atoms with Crippen LogP contribution in [0.25, 0.3) is 0 Å². The first-order valence-electron chi connectivity index (χ1n) is 12.1. The fraction of sp³-hybridized carbons (Fsp3) is 0. The van der Waals surface area contributed by atoms with Crippen molar-refractivity contribution in [3.8, 4) is 11.5 Å². The van der Waals surface area contributed by atoms with E-state index in [2.05, 4.69) is 31.0 Å². The number of carbonyl (C=O) groups is 2. The van der Waals surface area contributed by atoms with E-state index in [4.69, 9.17) is 0 Å². The number of phenols is 2. The zero-order valence-corrected chi connectivity index (χ0v) is 22.3. The summed E-state index contributed by atoms with van der Waals surface area (Å²) in [7, 11) is 0. The molecule has 41 heavy (non-hydrogen) atoms. The zero-order chi connectivity index (χ0) is 27.9. The maximum absolute atomic E-state index is 11.8. The molecule has 11 heteroatoms. The summed E-state index contributed by atoms with van der Waals surface area (Å²) < 4.78 is 0. The minimum Gasteiger partial charge on any atom is -0.507 e. The molecule has 0 saturated carbocycles. The number of rotatable bonds is 4. The zero-order valence-electron chi connectivity index (χ0n) is 21.2. The average Bonchev–Trinajstić information content (AvgIpc) is 3.46. The molecule has 0 aromatic heterocycles. The molecule has 0 unspecified atom stereocenters. The van der Waals surface area contributed by atoms with Gasteiger partial charge in [0.15, 0.2) is 11.4 Å². The molecule has 0 fully saturated rings. The van der Waals surface area contributed by atoms with Gasteiger partial charge in [-0.15, -0.1) is 10.2 Å². The third-order valence-corrected chi connectivity index (χ3v) is 5.87. The van der Waals surface area contributed by atoms with Gasteiger partial charge in [0.05, 0.1) is 23.8 Å². The molecule has 4 aromatic carbocycles. The van der Waals surface area contributed by atoms with Crippen LogP contribution in [0.4, 0.5) is 11.4 Å². The molecule has 205 valence electrons. The topological polar surface area (TPSA) is 148 Å². The second-order valence-electron chi connectivity index (χ2n) is 8.50. The normalized spacial score (nSPS) is 15.2. The van der Waals surface area contributed by atoms with Crippen molar-refractivity contribution in [1.82, 2.24) is 0 Å². The van der Waals surface area contributed by atoms with Gasteiger partial charge in [0.2, 0.25) is 0 Å². The van der Waals surface area contributed by atoms with Gasteiger partial charge in [-0.1, -0.05) is 60.7 Å². The SMILES string of the molecule is O=C1Nc2ccccc2/C1=N/N=C/c1ccccc1O.O=C1Nc2ccccc2/C1=N/N=C/c1ccccc1O.[Co]. The summed E-state index contributed by atoms with van der Waals surface area (Å²) in [6.45, 7) is 0. The smallest absolute Gasteiger partial charge is 0.276 e. The predicted molar refractivity (Wildman–Crippen MR) is 155 cm³/mol. The summed E-state index contributed by atoms with van der Waals surface area (Å²) >= 11 is 0. The van der Waals surface area contributed by atoms with E-state index in [-0.39, 0.29) is 51.5 Å². The van der Waals surface area contributed by atoms with E-state index in [0.717, 1.165) is 22.5 Å². The minimum atomic E-state index is -0.277. The summed E-state index contributed by atoms with van der Waals surface area (Å²) in [5.41, 5.74) is 4.55. The second kappa shape index (κ2) is 13.1. The van der Waals surface area contributed by atoms with E-state index < -0.39 is 0 Å². The molecular weight excluding hydrogens is 567 g/mol. The Balaban J connectivity index is 0.000000184. The van der Waals surface area contributed by atoms with E-state index in [1.165, 1.54) is 12.4 Å². The van der Waals surface area contributed by atoms with Crippen molar-refractivity contribution in [2.75, 3.05) is 10.6 Å². The Morgan fingerprint density at radius 1 is 0.537 bits per heavy atom. The van der Waals surface area contributed by atoms with Crippen LogP contribution < -0.4 is 10.6 Å². The standard InChI is InChI=1S/2C15H11N3O2.Co/c2*19-13-8-4-1-5-10(13)9-16-18-14-11-6-2-3-7-12(11)17-15(14)20;/h2*1-9,19H,(H,17,18,20);/b2*16-9+;.